The second-order valence-corrected chi connectivity index (χ2v) is 5.52. The van der Waals surface area contributed by atoms with Gasteiger partial charge in [0.15, 0.2) is 0 Å². The summed E-state index contributed by atoms with van der Waals surface area (Å²) in [4.78, 5) is 29.0. The molecule has 128 valence electrons. The van der Waals surface area contributed by atoms with E-state index in [1.54, 1.807) is 6.92 Å². The predicted octanol–water partition coefficient (Wildman–Crippen LogP) is 2.49. The molecule has 1 N–H and O–H groups in total. The summed E-state index contributed by atoms with van der Waals surface area (Å²) in [5.74, 6) is -0.404. The first-order valence-electron chi connectivity index (χ1n) is 8.06. The Bertz CT molecular complexity index is 773. The number of para-hydroxylation sites is 1. The van der Waals surface area contributed by atoms with E-state index in [1.807, 2.05) is 30.3 Å². The summed E-state index contributed by atoms with van der Waals surface area (Å²) in [6.07, 6.45) is 2.00. The van der Waals surface area contributed by atoms with Gasteiger partial charge in [0.1, 0.15) is 0 Å². The Balaban J connectivity index is 2.50. The number of H-pyrrole nitrogens is 1. The van der Waals surface area contributed by atoms with E-state index in [2.05, 4.69) is 17.0 Å². The van der Waals surface area contributed by atoms with Crippen molar-refractivity contribution >= 4 is 11.7 Å². The van der Waals surface area contributed by atoms with Crippen LogP contribution < -0.4 is 5.56 Å². The lowest BCUT2D eigenvalue weighted by Gasteiger charge is -2.02. The number of esters is 1. The third kappa shape index (κ3) is 4.01. The third-order valence-electron chi connectivity index (χ3n) is 3.75. The SMILES string of the molecule is CCCCN=C(C)c1c(CC(=O)OC)[nH]n(-c2ccccc2)c1=O. The molecule has 2 rings (SSSR count). The van der Waals surface area contributed by atoms with E-state index in [0.717, 1.165) is 12.8 Å². The molecule has 6 nitrogen and oxygen atoms in total. The van der Waals surface area contributed by atoms with Crippen LogP contribution in [-0.4, -0.2) is 35.1 Å². The highest BCUT2D eigenvalue weighted by Crippen LogP contribution is 2.10. The highest BCUT2D eigenvalue weighted by atomic mass is 16.5. The fourth-order valence-electron chi connectivity index (χ4n) is 2.44. The van der Waals surface area contributed by atoms with Crippen LogP contribution in [0.4, 0.5) is 0 Å². The minimum atomic E-state index is -0.404. The number of nitrogens with zero attached hydrogens (tertiary/aromatic N) is 2. The summed E-state index contributed by atoms with van der Waals surface area (Å²) in [5, 5.41) is 3.03. The first kappa shape index (κ1) is 17.7. The summed E-state index contributed by atoms with van der Waals surface area (Å²) >= 11 is 0. The molecular formula is C18H23N3O3. The maximum Gasteiger partial charge on any atom is 0.311 e. The van der Waals surface area contributed by atoms with Gasteiger partial charge in [-0.15, -0.1) is 0 Å². The number of aliphatic imine (C=N–C) groups is 1. The van der Waals surface area contributed by atoms with Crippen molar-refractivity contribution in [2.75, 3.05) is 13.7 Å². The van der Waals surface area contributed by atoms with Gasteiger partial charge in [-0.2, -0.15) is 0 Å². The Morgan fingerprint density at radius 3 is 2.62 bits per heavy atom. The lowest BCUT2D eigenvalue weighted by atomic mass is 10.1. The van der Waals surface area contributed by atoms with Gasteiger partial charge in [0.05, 0.1) is 30.5 Å². The molecule has 0 saturated carbocycles. The summed E-state index contributed by atoms with van der Waals surface area (Å²) in [6.45, 7) is 4.55. The van der Waals surface area contributed by atoms with Gasteiger partial charge < -0.3 is 4.74 Å². The first-order chi connectivity index (χ1) is 11.6. The normalized spacial score (nSPS) is 11.5. The van der Waals surface area contributed by atoms with Gasteiger partial charge in [0.2, 0.25) is 0 Å². The topological polar surface area (TPSA) is 76.4 Å². The zero-order valence-electron chi connectivity index (χ0n) is 14.3. The van der Waals surface area contributed by atoms with E-state index in [9.17, 15) is 9.59 Å². The molecule has 0 amide bonds. The average Bonchev–Trinajstić information content (AvgIpc) is 2.91. The number of carbonyl (C=O) groups excluding carboxylic acids is 1. The van der Waals surface area contributed by atoms with Gasteiger partial charge in [-0.1, -0.05) is 31.5 Å². The molecule has 0 aliphatic rings. The Labute approximate surface area is 141 Å². The van der Waals surface area contributed by atoms with Gasteiger partial charge >= 0.3 is 5.97 Å². The highest BCUT2D eigenvalue weighted by molar-refractivity contribution is 6.00. The molecule has 0 atom stereocenters. The molecule has 0 saturated heterocycles. The highest BCUT2D eigenvalue weighted by Gasteiger charge is 2.20. The van der Waals surface area contributed by atoms with E-state index in [0.29, 0.717) is 29.2 Å². The minimum absolute atomic E-state index is 0.00153. The van der Waals surface area contributed by atoms with Gasteiger partial charge in [0, 0.05) is 12.3 Å². The number of ether oxygens (including phenoxy) is 1. The number of rotatable bonds is 7. The van der Waals surface area contributed by atoms with Crippen molar-refractivity contribution in [3.8, 4) is 5.69 Å². The van der Waals surface area contributed by atoms with Crippen LogP contribution in [0.15, 0.2) is 40.1 Å². The predicted molar refractivity (Wildman–Crippen MR) is 94.1 cm³/mol. The van der Waals surface area contributed by atoms with E-state index in [-0.39, 0.29) is 12.0 Å². The number of unbranched alkanes of at least 4 members (excludes halogenated alkanes) is 1. The molecular weight excluding hydrogens is 306 g/mol. The van der Waals surface area contributed by atoms with Crippen LogP contribution in [0.1, 0.15) is 37.9 Å². The first-order valence-corrected chi connectivity index (χ1v) is 8.06. The van der Waals surface area contributed by atoms with Crippen molar-refractivity contribution < 1.29 is 9.53 Å². The molecule has 0 unspecified atom stereocenters. The summed E-state index contributed by atoms with van der Waals surface area (Å²) < 4.78 is 6.17. The molecule has 0 aliphatic heterocycles. The summed E-state index contributed by atoms with van der Waals surface area (Å²) in [5.41, 5.74) is 2.10. The van der Waals surface area contributed by atoms with E-state index >= 15 is 0 Å². The van der Waals surface area contributed by atoms with Crippen LogP contribution in [0, 0.1) is 0 Å². The van der Waals surface area contributed by atoms with Gasteiger partial charge in [-0.05, 0) is 25.5 Å². The molecule has 2 aromatic rings. The van der Waals surface area contributed by atoms with Crippen molar-refractivity contribution in [2.24, 2.45) is 4.99 Å². The van der Waals surface area contributed by atoms with Crippen molar-refractivity contribution in [1.82, 2.24) is 9.78 Å². The van der Waals surface area contributed by atoms with E-state index in [1.165, 1.54) is 11.8 Å². The zero-order chi connectivity index (χ0) is 17.5. The smallest absolute Gasteiger partial charge is 0.311 e. The van der Waals surface area contributed by atoms with Crippen LogP contribution in [0.5, 0.6) is 0 Å². The van der Waals surface area contributed by atoms with Gasteiger partial charge in [-0.3, -0.25) is 19.7 Å². The molecule has 1 aromatic heterocycles. The second-order valence-electron chi connectivity index (χ2n) is 5.52. The number of hydrogen-bond donors (Lipinski definition) is 1. The molecule has 1 aromatic carbocycles. The minimum Gasteiger partial charge on any atom is -0.469 e. The number of benzene rings is 1. The maximum absolute atomic E-state index is 12.8. The van der Waals surface area contributed by atoms with Crippen LogP contribution in [0.2, 0.25) is 0 Å². The molecule has 0 bridgehead atoms. The van der Waals surface area contributed by atoms with Crippen molar-refractivity contribution in [3.63, 3.8) is 0 Å². The van der Waals surface area contributed by atoms with Crippen molar-refractivity contribution in [1.29, 1.82) is 0 Å². The largest absolute Gasteiger partial charge is 0.469 e. The van der Waals surface area contributed by atoms with Crippen molar-refractivity contribution in [3.05, 3.63) is 51.9 Å². The quantitative estimate of drug-likeness (QED) is 0.482. The fourth-order valence-corrected chi connectivity index (χ4v) is 2.44. The molecule has 0 fully saturated rings. The summed E-state index contributed by atoms with van der Waals surface area (Å²) in [6, 6.07) is 9.24. The Morgan fingerprint density at radius 1 is 1.29 bits per heavy atom. The van der Waals surface area contributed by atoms with Crippen LogP contribution in [0.3, 0.4) is 0 Å². The number of aromatic nitrogens is 2. The van der Waals surface area contributed by atoms with Crippen LogP contribution >= 0.6 is 0 Å². The maximum atomic E-state index is 12.8. The summed E-state index contributed by atoms with van der Waals surface area (Å²) in [7, 11) is 1.33. The standard InChI is InChI=1S/C18H23N3O3/c1-4-5-11-19-13(2)17-15(12-16(22)24-3)20-21(18(17)23)14-9-7-6-8-10-14/h6-10,20H,4-5,11-12H2,1-3H3. The Morgan fingerprint density at radius 2 is 2.00 bits per heavy atom. The van der Waals surface area contributed by atoms with E-state index in [4.69, 9.17) is 4.74 Å². The number of methoxy groups -OCH3 is 1. The number of aromatic amines is 1. The van der Waals surface area contributed by atoms with Gasteiger partial charge in [-0.25, -0.2) is 4.68 Å². The van der Waals surface area contributed by atoms with Crippen molar-refractivity contribution in [2.45, 2.75) is 33.1 Å². The number of hydrogen-bond acceptors (Lipinski definition) is 4. The molecule has 0 spiro atoms. The monoisotopic (exact) mass is 329 g/mol. The van der Waals surface area contributed by atoms with E-state index < -0.39 is 5.97 Å². The van der Waals surface area contributed by atoms with Gasteiger partial charge in [0.25, 0.3) is 5.56 Å². The third-order valence-corrected chi connectivity index (χ3v) is 3.75. The lowest BCUT2D eigenvalue weighted by molar-refractivity contribution is -0.139. The zero-order valence-corrected chi connectivity index (χ0v) is 14.3. The average molecular weight is 329 g/mol. The molecule has 0 radical (unpaired) electrons. The van der Waals surface area contributed by atoms with Crippen LogP contribution in [0.25, 0.3) is 5.69 Å². The lowest BCUT2D eigenvalue weighted by Crippen LogP contribution is -2.20. The fraction of sp³-hybridized carbons (Fsp3) is 0.389. The molecule has 6 heteroatoms. The van der Waals surface area contributed by atoms with Crippen LogP contribution in [-0.2, 0) is 16.0 Å². The molecule has 1 heterocycles. The molecule has 0 aliphatic carbocycles. The Hall–Kier alpha value is -2.63. The second kappa shape index (κ2) is 8.29. The number of nitrogens with one attached hydrogen (secondary N) is 1. The Kier molecular flexibility index (Phi) is 6.12. The number of carbonyl (C=O) groups is 1. The molecule has 24 heavy (non-hydrogen) atoms.